The van der Waals surface area contributed by atoms with Crippen LogP contribution in [0.1, 0.15) is 28.5 Å². The van der Waals surface area contributed by atoms with Crippen LogP contribution in [0.5, 0.6) is 0 Å². The van der Waals surface area contributed by atoms with Crippen LogP contribution in [-0.4, -0.2) is 21.1 Å². The Morgan fingerprint density at radius 1 is 1.39 bits per heavy atom. The van der Waals surface area contributed by atoms with Crippen LogP contribution in [0.3, 0.4) is 0 Å². The van der Waals surface area contributed by atoms with Crippen molar-refractivity contribution < 1.29 is 9.53 Å². The molecule has 3 rings (SSSR count). The summed E-state index contributed by atoms with van der Waals surface area (Å²) >= 11 is 9.42. The van der Waals surface area contributed by atoms with E-state index in [1.165, 1.54) is 16.9 Å². The van der Waals surface area contributed by atoms with Crippen LogP contribution in [0.4, 0.5) is 0 Å². The molecule has 0 fully saturated rings. The first-order valence-corrected chi connectivity index (χ1v) is 9.54. The SMILES string of the molecule is CCSCc1ccc(C(=O)OCc2c(Cl)nc3sccn23)cc1. The van der Waals surface area contributed by atoms with E-state index in [1.807, 2.05) is 39.9 Å². The van der Waals surface area contributed by atoms with Crippen LogP contribution >= 0.6 is 34.7 Å². The minimum absolute atomic E-state index is 0.100. The molecule has 0 N–H and O–H groups in total. The lowest BCUT2D eigenvalue weighted by Gasteiger charge is -2.06. The lowest BCUT2D eigenvalue weighted by Crippen LogP contribution is -2.06. The average molecular weight is 367 g/mol. The number of ether oxygens (including phenoxy) is 1. The van der Waals surface area contributed by atoms with E-state index >= 15 is 0 Å². The van der Waals surface area contributed by atoms with Gasteiger partial charge in [-0.3, -0.25) is 4.40 Å². The molecule has 4 nitrogen and oxygen atoms in total. The van der Waals surface area contributed by atoms with Gasteiger partial charge in [0, 0.05) is 17.3 Å². The summed E-state index contributed by atoms with van der Waals surface area (Å²) in [6, 6.07) is 7.52. The Balaban J connectivity index is 1.65. The molecular formula is C16H15ClN2O2S2. The zero-order valence-electron chi connectivity index (χ0n) is 12.5. The molecule has 2 aromatic heterocycles. The van der Waals surface area contributed by atoms with Crippen molar-refractivity contribution in [2.45, 2.75) is 19.3 Å². The number of carbonyl (C=O) groups is 1. The minimum Gasteiger partial charge on any atom is -0.456 e. The molecule has 23 heavy (non-hydrogen) atoms. The van der Waals surface area contributed by atoms with Gasteiger partial charge in [0.1, 0.15) is 6.61 Å². The number of thiazole rings is 1. The summed E-state index contributed by atoms with van der Waals surface area (Å²) < 4.78 is 7.21. The first kappa shape index (κ1) is 16.4. The third-order valence-corrected chi connectivity index (χ3v) is 5.32. The number of rotatable bonds is 6. The van der Waals surface area contributed by atoms with E-state index in [9.17, 15) is 4.79 Å². The van der Waals surface area contributed by atoms with Gasteiger partial charge >= 0.3 is 5.97 Å². The van der Waals surface area contributed by atoms with E-state index in [1.54, 1.807) is 12.1 Å². The Kier molecular flexibility index (Phi) is 5.25. The zero-order valence-corrected chi connectivity index (χ0v) is 14.9. The number of fused-ring (bicyclic) bond motifs is 1. The van der Waals surface area contributed by atoms with Gasteiger partial charge in [-0.05, 0) is 23.4 Å². The number of carbonyl (C=O) groups excluding carboxylic acids is 1. The molecule has 0 aliphatic rings. The third-order valence-electron chi connectivity index (χ3n) is 3.31. The van der Waals surface area contributed by atoms with Gasteiger partial charge in [-0.2, -0.15) is 11.8 Å². The Labute approximate surface area is 147 Å². The van der Waals surface area contributed by atoms with Gasteiger partial charge in [0.05, 0.1) is 11.3 Å². The average Bonchev–Trinajstić information content (AvgIpc) is 3.12. The number of imidazole rings is 1. The van der Waals surface area contributed by atoms with Crippen molar-refractivity contribution in [3.63, 3.8) is 0 Å². The van der Waals surface area contributed by atoms with Crippen LogP contribution in [0.2, 0.25) is 5.15 Å². The van der Waals surface area contributed by atoms with Gasteiger partial charge < -0.3 is 4.74 Å². The second-order valence-corrected chi connectivity index (χ2v) is 7.32. The molecule has 0 atom stereocenters. The van der Waals surface area contributed by atoms with Gasteiger partial charge in [0.25, 0.3) is 0 Å². The molecule has 0 saturated heterocycles. The molecule has 0 amide bonds. The second-order valence-electron chi connectivity index (χ2n) is 4.82. The zero-order chi connectivity index (χ0) is 16.2. The molecule has 0 radical (unpaired) electrons. The molecule has 0 bridgehead atoms. The number of esters is 1. The first-order chi connectivity index (χ1) is 11.2. The number of hydrogen-bond donors (Lipinski definition) is 0. The van der Waals surface area contributed by atoms with E-state index in [0.29, 0.717) is 16.4 Å². The van der Waals surface area contributed by atoms with Crippen LogP contribution < -0.4 is 0 Å². The van der Waals surface area contributed by atoms with Gasteiger partial charge in [0.2, 0.25) is 0 Å². The highest BCUT2D eigenvalue weighted by Crippen LogP contribution is 2.22. The van der Waals surface area contributed by atoms with E-state index in [-0.39, 0.29) is 12.6 Å². The molecule has 0 saturated carbocycles. The molecule has 0 unspecified atom stereocenters. The monoisotopic (exact) mass is 366 g/mol. The summed E-state index contributed by atoms with van der Waals surface area (Å²) in [7, 11) is 0. The number of halogens is 1. The fourth-order valence-electron chi connectivity index (χ4n) is 2.11. The number of benzene rings is 1. The van der Waals surface area contributed by atoms with Crippen molar-refractivity contribution in [3.05, 3.63) is 57.8 Å². The lowest BCUT2D eigenvalue weighted by atomic mass is 10.1. The molecular weight excluding hydrogens is 352 g/mol. The number of aromatic nitrogens is 2. The quantitative estimate of drug-likeness (QED) is 0.595. The van der Waals surface area contributed by atoms with E-state index in [0.717, 1.165) is 16.5 Å². The summed E-state index contributed by atoms with van der Waals surface area (Å²) in [6.45, 7) is 2.23. The lowest BCUT2D eigenvalue weighted by molar-refractivity contribution is 0.0467. The van der Waals surface area contributed by atoms with E-state index in [4.69, 9.17) is 16.3 Å². The van der Waals surface area contributed by atoms with Gasteiger partial charge in [-0.25, -0.2) is 9.78 Å². The maximum Gasteiger partial charge on any atom is 0.338 e. The van der Waals surface area contributed by atoms with Crippen molar-refractivity contribution in [1.82, 2.24) is 9.38 Å². The van der Waals surface area contributed by atoms with Gasteiger partial charge in [0.15, 0.2) is 10.1 Å². The maximum atomic E-state index is 12.2. The van der Waals surface area contributed by atoms with Gasteiger partial charge in [-0.15, -0.1) is 11.3 Å². The highest BCUT2D eigenvalue weighted by Gasteiger charge is 2.14. The Hall–Kier alpha value is -1.50. The normalized spacial score (nSPS) is 11.0. The second kappa shape index (κ2) is 7.38. The topological polar surface area (TPSA) is 43.6 Å². The molecule has 7 heteroatoms. The van der Waals surface area contributed by atoms with Crippen LogP contribution in [0.25, 0.3) is 4.96 Å². The van der Waals surface area contributed by atoms with Crippen molar-refractivity contribution in [1.29, 1.82) is 0 Å². The van der Waals surface area contributed by atoms with Crippen LogP contribution in [0, 0.1) is 0 Å². The Morgan fingerprint density at radius 3 is 2.91 bits per heavy atom. The van der Waals surface area contributed by atoms with Crippen molar-refractivity contribution in [2.75, 3.05) is 5.75 Å². The minimum atomic E-state index is -0.360. The molecule has 0 aliphatic carbocycles. The Bertz CT molecular complexity index is 811. The molecule has 0 aliphatic heterocycles. The highest BCUT2D eigenvalue weighted by molar-refractivity contribution is 7.98. The summed E-state index contributed by atoms with van der Waals surface area (Å²) in [5, 5.41) is 2.29. The summed E-state index contributed by atoms with van der Waals surface area (Å²) in [4.78, 5) is 17.2. The van der Waals surface area contributed by atoms with Crippen LogP contribution in [0.15, 0.2) is 35.8 Å². The highest BCUT2D eigenvalue weighted by atomic mass is 35.5. The summed E-state index contributed by atoms with van der Waals surface area (Å²) in [5.74, 6) is 1.67. The summed E-state index contributed by atoms with van der Waals surface area (Å²) in [6.07, 6.45) is 1.86. The van der Waals surface area contributed by atoms with E-state index in [2.05, 4.69) is 11.9 Å². The van der Waals surface area contributed by atoms with Crippen molar-refractivity contribution >= 4 is 45.6 Å². The predicted molar refractivity (Wildman–Crippen MR) is 95.5 cm³/mol. The molecule has 2 heterocycles. The van der Waals surface area contributed by atoms with Crippen LogP contribution in [-0.2, 0) is 17.1 Å². The fourth-order valence-corrected chi connectivity index (χ4v) is 3.75. The molecule has 0 spiro atoms. The standard InChI is InChI=1S/C16H15ClN2O2S2/c1-2-22-10-11-3-5-12(6-4-11)15(20)21-9-13-14(17)18-16-19(13)7-8-23-16/h3-8H,2,9-10H2,1H3. The fraction of sp³-hybridized carbons (Fsp3) is 0.250. The van der Waals surface area contributed by atoms with Crippen molar-refractivity contribution in [3.8, 4) is 0 Å². The third kappa shape index (κ3) is 3.71. The number of nitrogens with zero attached hydrogens (tertiary/aromatic N) is 2. The molecule has 3 aromatic rings. The first-order valence-electron chi connectivity index (χ1n) is 7.12. The predicted octanol–water partition coefficient (Wildman–Crippen LogP) is 4.66. The van der Waals surface area contributed by atoms with E-state index < -0.39 is 0 Å². The molecule has 120 valence electrons. The number of hydrogen-bond acceptors (Lipinski definition) is 5. The smallest absolute Gasteiger partial charge is 0.338 e. The van der Waals surface area contributed by atoms with Crippen molar-refractivity contribution in [2.24, 2.45) is 0 Å². The maximum absolute atomic E-state index is 12.2. The summed E-state index contributed by atoms with van der Waals surface area (Å²) in [5.41, 5.74) is 2.43. The number of thioether (sulfide) groups is 1. The largest absolute Gasteiger partial charge is 0.456 e. The molecule has 1 aromatic carbocycles. The Morgan fingerprint density at radius 2 is 2.17 bits per heavy atom. The van der Waals surface area contributed by atoms with Gasteiger partial charge in [-0.1, -0.05) is 30.7 Å².